The lowest BCUT2D eigenvalue weighted by molar-refractivity contribution is 0.470. The topological polar surface area (TPSA) is 20.2 Å². The zero-order chi connectivity index (χ0) is 8.43. The highest BCUT2D eigenvalue weighted by Crippen LogP contribution is 2.28. The lowest BCUT2D eigenvalue weighted by atomic mass is 10.2. The fourth-order valence-corrected chi connectivity index (χ4v) is 2.30. The molecule has 1 aromatic rings. The number of hydrogen-bond acceptors (Lipinski definition) is 1. The maximum atomic E-state index is 9.26. The second-order valence-electron chi connectivity index (χ2n) is 2.01. The largest absolute Gasteiger partial charge is 0.507 e. The van der Waals surface area contributed by atoms with Crippen LogP contribution >= 0.6 is 56.8 Å². The molecular weight excluding hydrogens is 389 g/mol. The van der Waals surface area contributed by atoms with Crippen molar-refractivity contribution in [1.29, 1.82) is 0 Å². The van der Waals surface area contributed by atoms with E-state index in [2.05, 4.69) is 45.2 Å². The Balaban J connectivity index is 3.25. The normalized spacial score (nSPS) is 10.1. The molecule has 0 atom stereocenters. The molecule has 0 saturated heterocycles. The van der Waals surface area contributed by atoms with Gasteiger partial charge in [-0.25, -0.2) is 0 Å². The van der Waals surface area contributed by atoms with Crippen molar-refractivity contribution >= 4 is 56.8 Å². The Morgan fingerprint density at radius 3 is 2.45 bits per heavy atom. The number of hydrogen-bond donors (Lipinski definition) is 1. The number of alkyl halides is 1. The molecule has 1 nitrogen and oxygen atoms in total. The lowest BCUT2D eigenvalue weighted by Crippen LogP contribution is -1.88. The van der Waals surface area contributed by atoms with Crippen LogP contribution in [0.1, 0.15) is 5.56 Å². The highest BCUT2D eigenvalue weighted by molar-refractivity contribution is 14.1. The summed E-state index contributed by atoms with van der Waals surface area (Å²) < 4.78 is 1.92. The average molecular weight is 394 g/mol. The molecule has 4 heteroatoms. The molecule has 60 valence electrons. The van der Waals surface area contributed by atoms with Gasteiger partial charge in [-0.1, -0.05) is 6.07 Å². The van der Waals surface area contributed by atoms with Crippen molar-refractivity contribution in [3.63, 3.8) is 0 Å². The van der Waals surface area contributed by atoms with Crippen LogP contribution in [0.3, 0.4) is 0 Å². The molecule has 0 aliphatic rings. The molecular formula is C7H5ClI2O. The van der Waals surface area contributed by atoms with Crippen molar-refractivity contribution in [3.05, 3.63) is 24.8 Å². The Bertz CT molecular complexity index is 275. The molecule has 0 spiro atoms. The van der Waals surface area contributed by atoms with E-state index in [1.54, 1.807) is 6.07 Å². The molecule has 0 aromatic heterocycles. The minimum Gasteiger partial charge on any atom is -0.507 e. The standard InChI is InChI=1S/C7H5ClI2O/c8-3-4-1-2-5(11)7(10)6(4)9/h1-2,11H,3H2. The summed E-state index contributed by atoms with van der Waals surface area (Å²) in [6.45, 7) is 0. The Hall–Kier alpha value is 0.770. The van der Waals surface area contributed by atoms with Gasteiger partial charge in [-0.05, 0) is 56.8 Å². The third-order valence-electron chi connectivity index (χ3n) is 1.29. The van der Waals surface area contributed by atoms with Crippen molar-refractivity contribution in [1.82, 2.24) is 0 Å². The molecule has 11 heavy (non-hydrogen) atoms. The molecule has 0 radical (unpaired) electrons. The maximum Gasteiger partial charge on any atom is 0.129 e. The van der Waals surface area contributed by atoms with Gasteiger partial charge in [-0.2, -0.15) is 0 Å². The van der Waals surface area contributed by atoms with Gasteiger partial charge in [0.15, 0.2) is 0 Å². The smallest absolute Gasteiger partial charge is 0.129 e. The van der Waals surface area contributed by atoms with Crippen LogP contribution < -0.4 is 0 Å². The van der Waals surface area contributed by atoms with Crippen LogP contribution in [0.5, 0.6) is 5.75 Å². The van der Waals surface area contributed by atoms with Crippen LogP contribution in [-0.2, 0) is 5.88 Å². The summed E-state index contributed by atoms with van der Waals surface area (Å²) in [5.74, 6) is 0.818. The van der Waals surface area contributed by atoms with Crippen LogP contribution in [0.2, 0.25) is 0 Å². The zero-order valence-corrected chi connectivity index (χ0v) is 10.5. The molecule has 0 bridgehead atoms. The van der Waals surface area contributed by atoms with Gasteiger partial charge in [0.1, 0.15) is 5.75 Å². The van der Waals surface area contributed by atoms with Gasteiger partial charge in [0.25, 0.3) is 0 Å². The number of phenolic OH excluding ortho intramolecular Hbond substituents is 1. The highest BCUT2D eigenvalue weighted by Gasteiger charge is 2.06. The lowest BCUT2D eigenvalue weighted by Gasteiger charge is -2.03. The van der Waals surface area contributed by atoms with Gasteiger partial charge >= 0.3 is 0 Å². The van der Waals surface area contributed by atoms with Gasteiger partial charge < -0.3 is 5.11 Å². The number of benzene rings is 1. The Labute approximate surface area is 97.4 Å². The van der Waals surface area contributed by atoms with Gasteiger partial charge in [0.2, 0.25) is 0 Å². The summed E-state index contributed by atoms with van der Waals surface area (Å²) >= 11 is 9.95. The maximum absolute atomic E-state index is 9.26. The Kier molecular flexibility index (Phi) is 3.70. The highest BCUT2D eigenvalue weighted by atomic mass is 127. The van der Waals surface area contributed by atoms with Crippen LogP contribution in [0.25, 0.3) is 0 Å². The van der Waals surface area contributed by atoms with E-state index >= 15 is 0 Å². The first-order chi connectivity index (χ1) is 5.16. The number of aromatic hydroxyl groups is 1. The molecule has 0 aliphatic carbocycles. The summed E-state index contributed by atoms with van der Waals surface area (Å²) in [7, 11) is 0. The average Bonchev–Trinajstić information content (AvgIpc) is 2.01. The molecule has 1 N–H and O–H groups in total. The SMILES string of the molecule is Oc1ccc(CCl)c(I)c1I. The summed E-state index contributed by atoms with van der Waals surface area (Å²) in [6.07, 6.45) is 0. The molecule has 0 unspecified atom stereocenters. The fraction of sp³-hybridized carbons (Fsp3) is 0.143. The van der Waals surface area contributed by atoms with Crippen LogP contribution in [0, 0.1) is 7.14 Å². The second-order valence-corrected chi connectivity index (χ2v) is 4.43. The first-order valence-electron chi connectivity index (χ1n) is 2.88. The Morgan fingerprint density at radius 1 is 1.27 bits per heavy atom. The molecule has 0 aliphatic heterocycles. The predicted molar refractivity (Wildman–Crippen MR) is 63.1 cm³/mol. The Morgan fingerprint density at radius 2 is 1.91 bits per heavy atom. The van der Waals surface area contributed by atoms with E-state index in [1.807, 2.05) is 6.07 Å². The summed E-state index contributed by atoms with van der Waals surface area (Å²) in [4.78, 5) is 0. The zero-order valence-electron chi connectivity index (χ0n) is 5.44. The van der Waals surface area contributed by atoms with Gasteiger partial charge in [0.05, 0.1) is 3.57 Å². The third-order valence-corrected chi connectivity index (χ3v) is 4.93. The number of halogens is 3. The molecule has 0 heterocycles. The minimum atomic E-state index is 0.323. The summed E-state index contributed by atoms with van der Waals surface area (Å²) in [6, 6.07) is 3.51. The van der Waals surface area contributed by atoms with Crippen molar-refractivity contribution in [2.45, 2.75) is 5.88 Å². The van der Waals surface area contributed by atoms with Gasteiger partial charge in [0, 0.05) is 9.45 Å². The number of rotatable bonds is 1. The predicted octanol–water partition coefficient (Wildman–Crippen LogP) is 3.34. The molecule has 1 aromatic carbocycles. The van der Waals surface area contributed by atoms with E-state index in [0.29, 0.717) is 11.6 Å². The molecule has 1 rings (SSSR count). The van der Waals surface area contributed by atoms with Crippen molar-refractivity contribution < 1.29 is 5.11 Å². The van der Waals surface area contributed by atoms with Crippen LogP contribution in [-0.4, -0.2) is 5.11 Å². The summed E-state index contributed by atoms with van der Waals surface area (Å²) in [5, 5.41) is 9.26. The summed E-state index contributed by atoms with van der Waals surface area (Å²) in [5.41, 5.74) is 1.06. The third kappa shape index (κ3) is 2.12. The minimum absolute atomic E-state index is 0.323. The van der Waals surface area contributed by atoms with Crippen LogP contribution in [0.15, 0.2) is 12.1 Å². The first kappa shape index (κ1) is 9.85. The second kappa shape index (κ2) is 4.13. The van der Waals surface area contributed by atoms with Gasteiger partial charge in [-0.3, -0.25) is 0 Å². The molecule has 0 amide bonds. The van der Waals surface area contributed by atoms with Gasteiger partial charge in [-0.15, -0.1) is 11.6 Å². The quantitative estimate of drug-likeness (QED) is 0.572. The van der Waals surface area contributed by atoms with E-state index in [0.717, 1.165) is 12.7 Å². The molecule has 0 saturated carbocycles. The molecule has 0 fully saturated rings. The van der Waals surface area contributed by atoms with Crippen molar-refractivity contribution in [2.75, 3.05) is 0 Å². The van der Waals surface area contributed by atoms with E-state index < -0.39 is 0 Å². The number of phenols is 1. The van der Waals surface area contributed by atoms with E-state index in [1.165, 1.54) is 0 Å². The monoisotopic (exact) mass is 394 g/mol. The van der Waals surface area contributed by atoms with E-state index in [4.69, 9.17) is 11.6 Å². The van der Waals surface area contributed by atoms with Crippen molar-refractivity contribution in [3.8, 4) is 5.75 Å². The van der Waals surface area contributed by atoms with E-state index in [9.17, 15) is 5.11 Å². The van der Waals surface area contributed by atoms with Crippen molar-refractivity contribution in [2.24, 2.45) is 0 Å². The van der Waals surface area contributed by atoms with Crippen LogP contribution in [0.4, 0.5) is 0 Å². The van der Waals surface area contributed by atoms with E-state index in [-0.39, 0.29) is 0 Å². The first-order valence-corrected chi connectivity index (χ1v) is 5.58. The fourth-order valence-electron chi connectivity index (χ4n) is 0.682.